The third-order valence-electron chi connectivity index (χ3n) is 5.40. The van der Waals surface area contributed by atoms with Crippen LogP contribution in [0.1, 0.15) is 40.1 Å². The first kappa shape index (κ1) is 20.1. The molecule has 0 aliphatic carbocycles. The molecule has 1 atom stereocenters. The number of nitrogens with zero attached hydrogens (tertiary/aromatic N) is 3. The highest BCUT2D eigenvalue weighted by Gasteiger charge is 2.20. The molecule has 0 amide bonds. The van der Waals surface area contributed by atoms with Gasteiger partial charge in [-0.1, -0.05) is 18.2 Å². The van der Waals surface area contributed by atoms with E-state index in [4.69, 9.17) is 14.7 Å². The Balaban J connectivity index is 1.76. The number of carboxylic acids is 1. The number of benzene rings is 2. The molecule has 2 heterocycles. The van der Waals surface area contributed by atoms with Crippen LogP contribution in [0.2, 0.25) is 0 Å². The summed E-state index contributed by atoms with van der Waals surface area (Å²) in [4.78, 5) is 23.7. The quantitative estimate of drug-likeness (QED) is 0.663. The predicted molar refractivity (Wildman–Crippen MR) is 117 cm³/mol. The third kappa shape index (κ3) is 3.93. The van der Waals surface area contributed by atoms with Crippen molar-refractivity contribution in [1.29, 1.82) is 0 Å². The number of hydrogen-bond acceptors (Lipinski definition) is 6. The zero-order valence-corrected chi connectivity index (χ0v) is 17.5. The zero-order chi connectivity index (χ0) is 21.3. The van der Waals surface area contributed by atoms with E-state index in [1.807, 2.05) is 32.9 Å². The van der Waals surface area contributed by atoms with E-state index in [9.17, 15) is 9.90 Å². The highest BCUT2D eigenvalue weighted by Crippen LogP contribution is 2.30. The first-order chi connectivity index (χ1) is 14.4. The second-order valence-corrected chi connectivity index (χ2v) is 7.67. The van der Waals surface area contributed by atoms with Crippen molar-refractivity contribution in [3.05, 3.63) is 58.8 Å². The van der Waals surface area contributed by atoms with Gasteiger partial charge in [0.15, 0.2) is 5.82 Å². The molecule has 1 saturated heterocycles. The summed E-state index contributed by atoms with van der Waals surface area (Å²) in [5.74, 6) is -0.0709. The van der Waals surface area contributed by atoms with Crippen molar-refractivity contribution in [2.75, 3.05) is 36.5 Å². The second-order valence-electron chi connectivity index (χ2n) is 7.67. The highest BCUT2D eigenvalue weighted by molar-refractivity contribution is 5.94. The lowest BCUT2D eigenvalue weighted by Gasteiger charge is -2.29. The van der Waals surface area contributed by atoms with Crippen molar-refractivity contribution in [2.24, 2.45) is 0 Å². The maximum Gasteiger partial charge on any atom is 0.337 e. The Morgan fingerprint density at radius 1 is 1.17 bits per heavy atom. The van der Waals surface area contributed by atoms with Crippen LogP contribution in [0.5, 0.6) is 0 Å². The van der Waals surface area contributed by atoms with E-state index in [0.717, 1.165) is 46.8 Å². The Morgan fingerprint density at radius 3 is 2.63 bits per heavy atom. The molecule has 0 radical (unpaired) electrons. The van der Waals surface area contributed by atoms with Gasteiger partial charge in [0, 0.05) is 24.3 Å². The van der Waals surface area contributed by atoms with Crippen LogP contribution in [-0.4, -0.2) is 47.3 Å². The SMILES string of the molecule is Cc1cc([C@@H](C)Nc2ccccc2C(=O)O)c2nc(N3CCOCC3)c(C)nc2c1. The Labute approximate surface area is 175 Å². The van der Waals surface area contributed by atoms with Crippen LogP contribution in [0, 0.1) is 13.8 Å². The molecule has 1 aliphatic heterocycles. The molecule has 1 fully saturated rings. The molecule has 2 N–H and O–H groups in total. The second kappa shape index (κ2) is 8.28. The fourth-order valence-corrected chi connectivity index (χ4v) is 3.92. The normalized spacial score (nSPS) is 15.2. The molecule has 4 rings (SSSR count). The molecule has 156 valence electrons. The molecule has 0 unspecified atom stereocenters. The smallest absolute Gasteiger partial charge is 0.337 e. The van der Waals surface area contributed by atoms with Crippen molar-refractivity contribution in [1.82, 2.24) is 9.97 Å². The summed E-state index contributed by atoms with van der Waals surface area (Å²) in [5, 5.41) is 12.9. The van der Waals surface area contributed by atoms with Crippen LogP contribution in [0.25, 0.3) is 11.0 Å². The van der Waals surface area contributed by atoms with E-state index in [1.165, 1.54) is 0 Å². The number of para-hydroxylation sites is 1. The topological polar surface area (TPSA) is 87.6 Å². The lowest BCUT2D eigenvalue weighted by atomic mass is 10.0. The number of morpholine rings is 1. The number of nitrogens with one attached hydrogen (secondary N) is 1. The minimum absolute atomic E-state index is 0.151. The highest BCUT2D eigenvalue weighted by atomic mass is 16.5. The van der Waals surface area contributed by atoms with Crippen LogP contribution in [-0.2, 0) is 4.74 Å². The van der Waals surface area contributed by atoms with E-state index >= 15 is 0 Å². The number of anilines is 2. The van der Waals surface area contributed by atoms with E-state index in [-0.39, 0.29) is 11.6 Å². The minimum atomic E-state index is -0.954. The van der Waals surface area contributed by atoms with Gasteiger partial charge in [-0.05, 0) is 44.5 Å². The summed E-state index contributed by atoms with van der Waals surface area (Å²) in [6.07, 6.45) is 0. The van der Waals surface area contributed by atoms with Crippen molar-refractivity contribution < 1.29 is 14.6 Å². The van der Waals surface area contributed by atoms with E-state index in [1.54, 1.807) is 18.2 Å². The van der Waals surface area contributed by atoms with E-state index < -0.39 is 5.97 Å². The first-order valence-electron chi connectivity index (χ1n) is 10.1. The molecular formula is C23H26N4O3. The maximum atomic E-state index is 11.6. The predicted octanol–water partition coefficient (Wildman–Crippen LogP) is 3.95. The Kier molecular flexibility index (Phi) is 5.55. The molecule has 2 aromatic carbocycles. The first-order valence-corrected chi connectivity index (χ1v) is 10.1. The van der Waals surface area contributed by atoms with Gasteiger partial charge >= 0.3 is 5.97 Å². The minimum Gasteiger partial charge on any atom is -0.478 e. The summed E-state index contributed by atoms with van der Waals surface area (Å²) in [6, 6.07) is 10.9. The Hall–Kier alpha value is -3.19. The van der Waals surface area contributed by atoms with Gasteiger partial charge in [0.25, 0.3) is 0 Å². The van der Waals surface area contributed by atoms with Crippen LogP contribution in [0.4, 0.5) is 11.5 Å². The molecule has 3 aromatic rings. The van der Waals surface area contributed by atoms with Gasteiger partial charge in [0.2, 0.25) is 0 Å². The molecule has 1 aromatic heterocycles. The molecule has 0 saturated carbocycles. The van der Waals surface area contributed by atoms with E-state index in [0.29, 0.717) is 18.9 Å². The molecular weight excluding hydrogens is 380 g/mol. The van der Waals surface area contributed by atoms with Crippen molar-refractivity contribution >= 4 is 28.5 Å². The van der Waals surface area contributed by atoms with Crippen LogP contribution in [0.3, 0.4) is 0 Å². The number of aromatic nitrogens is 2. The van der Waals surface area contributed by atoms with Gasteiger partial charge in [0.05, 0.1) is 41.5 Å². The fourth-order valence-electron chi connectivity index (χ4n) is 3.92. The van der Waals surface area contributed by atoms with Crippen molar-refractivity contribution in [2.45, 2.75) is 26.8 Å². The number of carbonyl (C=O) groups is 1. The van der Waals surface area contributed by atoms with Crippen LogP contribution in [0.15, 0.2) is 36.4 Å². The number of aromatic carboxylic acids is 1. The van der Waals surface area contributed by atoms with Gasteiger partial charge in [-0.15, -0.1) is 0 Å². The number of aryl methyl sites for hydroxylation is 2. The zero-order valence-electron chi connectivity index (χ0n) is 17.5. The van der Waals surface area contributed by atoms with Gasteiger partial charge in [-0.2, -0.15) is 0 Å². The van der Waals surface area contributed by atoms with Crippen LogP contribution < -0.4 is 10.2 Å². The number of rotatable bonds is 5. The molecule has 30 heavy (non-hydrogen) atoms. The average molecular weight is 406 g/mol. The number of carboxylic acid groups (broad SMARTS) is 1. The summed E-state index contributed by atoms with van der Waals surface area (Å²) < 4.78 is 5.48. The number of hydrogen-bond donors (Lipinski definition) is 2. The fraction of sp³-hybridized carbons (Fsp3) is 0.348. The lowest BCUT2D eigenvalue weighted by molar-refractivity contribution is 0.0698. The van der Waals surface area contributed by atoms with Crippen LogP contribution >= 0.6 is 0 Å². The molecule has 0 bridgehead atoms. The maximum absolute atomic E-state index is 11.6. The van der Waals surface area contributed by atoms with Gasteiger partial charge in [-0.25, -0.2) is 14.8 Å². The standard InChI is InChI=1S/C23H26N4O3/c1-14-12-18(15(2)24-19-7-5-4-6-17(19)23(28)29)21-20(13-14)25-16(3)22(26-21)27-8-10-30-11-9-27/h4-7,12-13,15,24H,8-11H2,1-3H3,(H,28,29)/t15-/m1/s1. The van der Waals surface area contributed by atoms with Crippen molar-refractivity contribution in [3.63, 3.8) is 0 Å². The summed E-state index contributed by atoms with van der Waals surface area (Å²) in [5.41, 5.74) is 5.49. The molecule has 7 nitrogen and oxygen atoms in total. The Morgan fingerprint density at radius 2 is 1.90 bits per heavy atom. The Bertz CT molecular complexity index is 1090. The monoisotopic (exact) mass is 406 g/mol. The average Bonchev–Trinajstić information content (AvgIpc) is 2.73. The third-order valence-corrected chi connectivity index (χ3v) is 5.40. The van der Waals surface area contributed by atoms with Gasteiger partial charge in [0.1, 0.15) is 0 Å². The molecule has 7 heteroatoms. The van der Waals surface area contributed by atoms with Crippen molar-refractivity contribution in [3.8, 4) is 0 Å². The largest absolute Gasteiger partial charge is 0.478 e. The van der Waals surface area contributed by atoms with Gasteiger partial charge < -0.3 is 20.1 Å². The molecule has 1 aliphatic rings. The van der Waals surface area contributed by atoms with Gasteiger partial charge in [-0.3, -0.25) is 0 Å². The summed E-state index contributed by atoms with van der Waals surface area (Å²) >= 11 is 0. The molecule has 0 spiro atoms. The lowest BCUT2D eigenvalue weighted by Crippen LogP contribution is -2.37. The summed E-state index contributed by atoms with van der Waals surface area (Å²) in [7, 11) is 0. The summed E-state index contributed by atoms with van der Waals surface area (Å²) in [6.45, 7) is 9.00. The van der Waals surface area contributed by atoms with E-state index in [2.05, 4.69) is 16.3 Å². The number of ether oxygens (including phenoxy) is 1. The number of fused-ring (bicyclic) bond motifs is 1.